The van der Waals surface area contributed by atoms with Gasteiger partial charge in [0.2, 0.25) is 0 Å². The smallest absolute Gasteiger partial charge is 0.196 e. The summed E-state index contributed by atoms with van der Waals surface area (Å²) in [6.45, 7) is 6.63. The molecule has 0 aliphatic carbocycles. The number of phenolic OH excluding ortho intramolecular Hbond substituents is 1. The van der Waals surface area contributed by atoms with Gasteiger partial charge in [-0.25, -0.2) is 0 Å². The number of para-hydroxylation sites is 1. The normalized spacial score (nSPS) is 11.7. The van der Waals surface area contributed by atoms with Gasteiger partial charge in [0, 0.05) is 17.0 Å². The van der Waals surface area contributed by atoms with Gasteiger partial charge < -0.3 is 5.11 Å². The first kappa shape index (κ1) is 22.7. The molecule has 0 saturated heterocycles. The lowest BCUT2D eigenvalue weighted by Gasteiger charge is -2.19. The summed E-state index contributed by atoms with van der Waals surface area (Å²) in [7, 11) is 0. The summed E-state index contributed by atoms with van der Waals surface area (Å²) in [4.78, 5) is 0. The Balaban J connectivity index is 1.69. The van der Waals surface area contributed by atoms with E-state index in [4.69, 9.17) is 23.2 Å². The number of aromatic hydroxyl groups is 1. The second-order valence-electron chi connectivity index (χ2n) is 8.50. The Labute approximate surface area is 202 Å². The predicted molar refractivity (Wildman–Crippen MR) is 133 cm³/mol. The van der Waals surface area contributed by atoms with Crippen molar-refractivity contribution in [1.29, 1.82) is 0 Å². The van der Waals surface area contributed by atoms with Crippen LogP contribution in [0.25, 0.3) is 17.1 Å². The molecule has 4 nitrogen and oxygen atoms in total. The number of aromatic nitrogens is 3. The third kappa shape index (κ3) is 4.80. The summed E-state index contributed by atoms with van der Waals surface area (Å²) >= 11 is 13.9. The zero-order valence-electron chi connectivity index (χ0n) is 18.0. The molecule has 0 spiro atoms. The molecule has 0 saturated carbocycles. The number of thioether (sulfide) groups is 1. The molecule has 0 radical (unpaired) electrons. The second-order valence-corrected chi connectivity index (χ2v) is 10.3. The van der Waals surface area contributed by atoms with Crippen LogP contribution in [0.2, 0.25) is 10.0 Å². The van der Waals surface area contributed by atoms with E-state index < -0.39 is 0 Å². The maximum Gasteiger partial charge on any atom is 0.196 e. The standard InChI is InChI=1S/C25H23Cl2N3OS/c1-25(2,3)18-11-9-16(10-12-18)15-32-24-29-28-23(30(24)19-7-5-4-6-8-19)17-13-20(26)22(31)21(27)14-17/h4-14,31H,15H2,1-3H3. The van der Waals surface area contributed by atoms with Gasteiger partial charge in [-0.1, -0.05) is 98.2 Å². The second kappa shape index (κ2) is 9.18. The highest BCUT2D eigenvalue weighted by Gasteiger charge is 2.19. The molecule has 1 heterocycles. The van der Waals surface area contributed by atoms with Crippen LogP contribution in [0.15, 0.2) is 71.9 Å². The van der Waals surface area contributed by atoms with E-state index in [9.17, 15) is 5.11 Å². The number of nitrogens with zero attached hydrogens (tertiary/aromatic N) is 3. The molecule has 0 amide bonds. The van der Waals surface area contributed by atoms with Crippen LogP contribution < -0.4 is 0 Å². The fourth-order valence-corrected chi connectivity index (χ4v) is 4.70. The van der Waals surface area contributed by atoms with Crippen LogP contribution in [0.4, 0.5) is 0 Å². The van der Waals surface area contributed by atoms with Gasteiger partial charge in [0.15, 0.2) is 16.7 Å². The van der Waals surface area contributed by atoms with E-state index in [-0.39, 0.29) is 21.2 Å². The molecule has 0 atom stereocenters. The number of hydrogen-bond acceptors (Lipinski definition) is 4. The van der Waals surface area contributed by atoms with Crippen molar-refractivity contribution in [2.75, 3.05) is 0 Å². The fraction of sp³-hybridized carbons (Fsp3) is 0.200. The first-order valence-corrected chi connectivity index (χ1v) is 11.9. The van der Waals surface area contributed by atoms with E-state index in [1.54, 1.807) is 23.9 Å². The van der Waals surface area contributed by atoms with Crippen molar-refractivity contribution in [3.05, 3.63) is 87.9 Å². The van der Waals surface area contributed by atoms with Crippen molar-refractivity contribution in [1.82, 2.24) is 14.8 Å². The minimum atomic E-state index is -0.142. The Hall–Kier alpha value is -2.47. The van der Waals surface area contributed by atoms with E-state index >= 15 is 0 Å². The van der Waals surface area contributed by atoms with Crippen molar-refractivity contribution in [2.45, 2.75) is 37.1 Å². The lowest BCUT2D eigenvalue weighted by molar-refractivity contribution is 0.476. The molecule has 0 unspecified atom stereocenters. The van der Waals surface area contributed by atoms with Crippen LogP contribution in [0, 0.1) is 0 Å². The lowest BCUT2D eigenvalue weighted by atomic mass is 9.87. The molecule has 0 aliphatic rings. The van der Waals surface area contributed by atoms with Crippen LogP contribution in [-0.4, -0.2) is 19.9 Å². The van der Waals surface area contributed by atoms with E-state index in [0.29, 0.717) is 11.4 Å². The molecule has 164 valence electrons. The third-order valence-electron chi connectivity index (χ3n) is 5.11. The average Bonchev–Trinajstić information content (AvgIpc) is 3.20. The van der Waals surface area contributed by atoms with Gasteiger partial charge in [0.05, 0.1) is 10.0 Å². The monoisotopic (exact) mass is 483 g/mol. The molecule has 4 aromatic rings. The van der Waals surface area contributed by atoms with Gasteiger partial charge >= 0.3 is 0 Å². The van der Waals surface area contributed by atoms with Crippen molar-refractivity contribution < 1.29 is 5.11 Å². The highest BCUT2D eigenvalue weighted by atomic mass is 35.5. The van der Waals surface area contributed by atoms with E-state index in [1.807, 2.05) is 34.9 Å². The quantitative estimate of drug-likeness (QED) is 0.298. The Morgan fingerprint density at radius 3 is 2.12 bits per heavy atom. The Bertz CT molecular complexity index is 1210. The Kier molecular flexibility index (Phi) is 6.52. The highest BCUT2D eigenvalue weighted by Crippen LogP contribution is 2.38. The van der Waals surface area contributed by atoms with Crippen LogP contribution in [0.3, 0.4) is 0 Å². The number of halogens is 2. The number of hydrogen-bond donors (Lipinski definition) is 1. The molecule has 0 bridgehead atoms. The first-order valence-electron chi connectivity index (χ1n) is 10.2. The minimum absolute atomic E-state index is 0.126. The van der Waals surface area contributed by atoms with Gasteiger partial charge in [0.25, 0.3) is 0 Å². The van der Waals surface area contributed by atoms with Gasteiger partial charge in [-0.05, 0) is 40.8 Å². The summed E-state index contributed by atoms with van der Waals surface area (Å²) in [5, 5.41) is 19.9. The predicted octanol–water partition coefficient (Wildman–Crippen LogP) is 7.54. The number of rotatable bonds is 5. The molecule has 7 heteroatoms. The third-order valence-corrected chi connectivity index (χ3v) is 6.69. The van der Waals surface area contributed by atoms with Crippen LogP contribution in [0.1, 0.15) is 31.9 Å². The van der Waals surface area contributed by atoms with Crippen LogP contribution in [0.5, 0.6) is 5.75 Å². The SMILES string of the molecule is CC(C)(C)c1ccc(CSc2nnc(-c3cc(Cl)c(O)c(Cl)c3)n2-c2ccccc2)cc1. The summed E-state index contributed by atoms with van der Waals surface area (Å²) in [6.07, 6.45) is 0. The maximum atomic E-state index is 9.94. The van der Waals surface area contributed by atoms with Crippen LogP contribution in [-0.2, 0) is 11.2 Å². The fourth-order valence-electron chi connectivity index (χ4n) is 3.30. The molecular weight excluding hydrogens is 461 g/mol. The summed E-state index contributed by atoms with van der Waals surface area (Å²) in [5.74, 6) is 1.22. The first-order chi connectivity index (χ1) is 15.2. The largest absolute Gasteiger partial charge is 0.505 e. The molecular formula is C25H23Cl2N3OS. The number of phenols is 1. The van der Waals surface area contributed by atoms with E-state index in [1.165, 1.54) is 11.1 Å². The van der Waals surface area contributed by atoms with Crippen molar-refractivity contribution >= 4 is 35.0 Å². The Morgan fingerprint density at radius 1 is 0.906 bits per heavy atom. The summed E-state index contributed by atoms with van der Waals surface area (Å²) < 4.78 is 1.98. The zero-order valence-corrected chi connectivity index (χ0v) is 20.3. The molecule has 4 rings (SSSR count). The summed E-state index contributed by atoms with van der Waals surface area (Å²) in [6, 6.07) is 21.9. The zero-order chi connectivity index (χ0) is 22.9. The average molecular weight is 484 g/mol. The topological polar surface area (TPSA) is 50.9 Å². The van der Waals surface area contributed by atoms with Crippen molar-refractivity contribution in [2.24, 2.45) is 0 Å². The van der Waals surface area contributed by atoms with Crippen molar-refractivity contribution in [3.63, 3.8) is 0 Å². The summed E-state index contributed by atoms with van der Waals surface area (Å²) in [5.41, 5.74) is 4.25. The van der Waals surface area contributed by atoms with Gasteiger partial charge in [-0.2, -0.15) is 0 Å². The molecule has 0 fully saturated rings. The van der Waals surface area contributed by atoms with E-state index in [0.717, 1.165) is 16.6 Å². The van der Waals surface area contributed by atoms with E-state index in [2.05, 4.69) is 55.2 Å². The van der Waals surface area contributed by atoms with Gasteiger partial charge in [-0.15, -0.1) is 10.2 Å². The van der Waals surface area contributed by atoms with Crippen molar-refractivity contribution in [3.8, 4) is 22.8 Å². The molecule has 32 heavy (non-hydrogen) atoms. The Morgan fingerprint density at radius 2 is 1.53 bits per heavy atom. The van der Waals surface area contributed by atoms with Gasteiger partial charge in [-0.3, -0.25) is 4.57 Å². The minimum Gasteiger partial charge on any atom is -0.505 e. The number of benzene rings is 3. The van der Waals surface area contributed by atoms with Gasteiger partial charge in [0.1, 0.15) is 0 Å². The molecule has 3 aromatic carbocycles. The molecule has 1 aromatic heterocycles. The van der Waals surface area contributed by atoms with Crippen LogP contribution >= 0.6 is 35.0 Å². The maximum absolute atomic E-state index is 9.94. The molecule has 0 aliphatic heterocycles. The highest BCUT2D eigenvalue weighted by molar-refractivity contribution is 7.98. The lowest BCUT2D eigenvalue weighted by Crippen LogP contribution is -2.10. The molecule has 1 N–H and O–H groups in total.